The van der Waals surface area contributed by atoms with Crippen molar-refractivity contribution in [2.45, 2.75) is 25.2 Å². The Hall–Kier alpha value is -0.970. The Labute approximate surface area is 89.5 Å². The summed E-state index contributed by atoms with van der Waals surface area (Å²) in [5, 5.41) is 8.23. The van der Waals surface area contributed by atoms with E-state index >= 15 is 0 Å². The van der Waals surface area contributed by atoms with Crippen molar-refractivity contribution in [1.29, 1.82) is 0 Å². The van der Waals surface area contributed by atoms with E-state index < -0.39 is 0 Å². The van der Waals surface area contributed by atoms with Gasteiger partial charge in [-0.25, -0.2) is 4.98 Å². The molecule has 0 amide bonds. The van der Waals surface area contributed by atoms with Gasteiger partial charge in [0.15, 0.2) is 0 Å². The summed E-state index contributed by atoms with van der Waals surface area (Å²) in [6.45, 7) is 0. The summed E-state index contributed by atoms with van der Waals surface area (Å²) in [7, 11) is 0. The van der Waals surface area contributed by atoms with E-state index in [0.29, 0.717) is 11.7 Å². The Morgan fingerprint density at radius 1 is 1.36 bits per heavy atom. The number of rotatable bonds is 1. The molecule has 1 aliphatic rings. The Bertz CT molecular complexity index is 475. The third kappa shape index (κ3) is 1.15. The molecule has 1 saturated carbocycles. The van der Waals surface area contributed by atoms with Gasteiger partial charge < -0.3 is 0 Å². The third-order valence-electron chi connectivity index (χ3n) is 2.73. The normalized spacial score (nSPS) is 17.2. The Kier molecular flexibility index (Phi) is 1.80. The van der Waals surface area contributed by atoms with E-state index in [1.54, 1.807) is 6.20 Å². The lowest BCUT2D eigenvalue weighted by atomic mass is 9.85. The van der Waals surface area contributed by atoms with E-state index in [-0.39, 0.29) is 0 Å². The molecule has 2 aromatic heterocycles. The number of aromatic nitrogens is 4. The average molecular weight is 253 g/mol. The quantitative estimate of drug-likeness (QED) is 0.782. The van der Waals surface area contributed by atoms with Crippen molar-refractivity contribution in [3.8, 4) is 0 Å². The SMILES string of the molecule is Brc1cnc2nnc(C3CCC3)n2c1. The Morgan fingerprint density at radius 3 is 2.93 bits per heavy atom. The first-order valence-electron chi connectivity index (χ1n) is 4.71. The largest absolute Gasteiger partial charge is 0.269 e. The molecule has 2 heterocycles. The van der Waals surface area contributed by atoms with Gasteiger partial charge in [-0.3, -0.25) is 4.40 Å². The van der Waals surface area contributed by atoms with E-state index in [1.807, 2.05) is 10.6 Å². The van der Waals surface area contributed by atoms with Gasteiger partial charge in [0.1, 0.15) is 5.82 Å². The molecule has 0 radical (unpaired) electrons. The van der Waals surface area contributed by atoms with Gasteiger partial charge in [-0.1, -0.05) is 6.42 Å². The number of halogens is 1. The molecule has 0 unspecified atom stereocenters. The summed E-state index contributed by atoms with van der Waals surface area (Å²) in [6, 6.07) is 0. The summed E-state index contributed by atoms with van der Waals surface area (Å²) < 4.78 is 2.94. The van der Waals surface area contributed by atoms with Crippen molar-refractivity contribution >= 4 is 21.7 Å². The van der Waals surface area contributed by atoms with Crippen LogP contribution in [-0.2, 0) is 0 Å². The van der Waals surface area contributed by atoms with Crippen LogP contribution in [0.15, 0.2) is 16.9 Å². The first kappa shape index (κ1) is 8.35. The zero-order chi connectivity index (χ0) is 9.54. The van der Waals surface area contributed by atoms with Crippen LogP contribution < -0.4 is 0 Å². The molecule has 14 heavy (non-hydrogen) atoms. The van der Waals surface area contributed by atoms with Crippen LogP contribution in [0.4, 0.5) is 0 Å². The van der Waals surface area contributed by atoms with Crippen LogP contribution in [0.2, 0.25) is 0 Å². The molecule has 2 aromatic rings. The topological polar surface area (TPSA) is 43.1 Å². The molecule has 4 nitrogen and oxygen atoms in total. The fourth-order valence-corrected chi connectivity index (χ4v) is 2.03. The van der Waals surface area contributed by atoms with Gasteiger partial charge in [0.2, 0.25) is 0 Å². The van der Waals surface area contributed by atoms with Gasteiger partial charge >= 0.3 is 0 Å². The Balaban J connectivity index is 2.18. The summed E-state index contributed by atoms with van der Waals surface area (Å²) >= 11 is 3.40. The molecular formula is C9H9BrN4. The van der Waals surface area contributed by atoms with Crippen molar-refractivity contribution in [3.05, 3.63) is 22.7 Å². The summed E-state index contributed by atoms with van der Waals surface area (Å²) in [5.74, 6) is 2.33. The molecule has 3 rings (SSSR count). The molecule has 0 N–H and O–H groups in total. The third-order valence-corrected chi connectivity index (χ3v) is 3.14. The van der Waals surface area contributed by atoms with Gasteiger partial charge in [0.25, 0.3) is 5.78 Å². The lowest BCUT2D eigenvalue weighted by Crippen LogP contribution is -2.12. The lowest BCUT2D eigenvalue weighted by Gasteiger charge is -2.23. The second kappa shape index (κ2) is 3.02. The molecule has 1 aliphatic carbocycles. The molecule has 0 saturated heterocycles. The van der Waals surface area contributed by atoms with Crippen molar-refractivity contribution < 1.29 is 0 Å². The van der Waals surface area contributed by atoms with Crippen LogP contribution in [0.1, 0.15) is 31.0 Å². The number of nitrogens with zero attached hydrogens (tertiary/aromatic N) is 4. The highest BCUT2D eigenvalue weighted by atomic mass is 79.9. The van der Waals surface area contributed by atoms with Crippen molar-refractivity contribution in [3.63, 3.8) is 0 Å². The van der Waals surface area contributed by atoms with Crippen LogP contribution in [0.25, 0.3) is 5.78 Å². The highest BCUT2D eigenvalue weighted by Crippen LogP contribution is 2.35. The van der Waals surface area contributed by atoms with Crippen LogP contribution in [-0.4, -0.2) is 19.6 Å². The van der Waals surface area contributed by atoms with Gasteiger partial charge in [0.05, 0.1) is 4.47 Å². The van der Waals surface area contributed by atoms with Crippen LogP contribution >= 0.6 is 15.9 Å². The maximum Gasteiger partial charge on any atom is 0.255 e. The molecule has 1 fully saturated rings. The van der Waals surface area contributed by atoms with E-state index in [9.17, 15) is 0 Å². The Morgan fingerprint density at radius 2 is 2.21 bits per heavy atom. The zero-order valence-electron chi connectivity index (χ0n) is 7.52. The summed E-state index contributed by atoms with van der Waals surface area (Å²) in [5.41, 5.74) is 0. The highest BCUT2D eigenvalue weighted by Gasteiger charge is 2.24. The van der Waals surface area contributed by atoms with Gasteiger partial charge in [0, 0.05) is 18.3 Å². The molecule has 0 atom stereocenters. The lowest BCUT2D eigenvalue weighted by molar-refractivity contribution is 0.398. The molecule has 0 bridgehead atoms. The first-order valence-corrected chi connectivity index (χ1v) is 5.50. The zero-order valence-corrected chi connectivity index (χ0v) is 9.11. The van der Waals surface area contributed by atoms with Crippen molar-refractivity contribution in [1.82, 2.24) is 19.6 Å². The maximum absolute atomic E-state index is 4.19. The number of fused-ring (bicyclic) bond motifs is 1. The standard InChI is InChI=1S/C9H9BrN4/c10-7-4-11-9-13-12-8(14(9)5-7)6-2-1-3-6/h4-6H,1-3H2. The van der Waals surface area contributed by atoms with Gasteiger partial charge in [-0.15, -0.1) is 10.2 Å². The van der Waals surface area contributed by atoms with Crippen LogP contribution in [0.3, 0.4) is 0 Å². The molecule has 5 heteroatoms. The maximum atomic E-state index is 4.19. The second-order valence-electron chi connectivity index (χ2n) is 3.63. The monoisotopic (exact) mass is 252 g/mol. The minimum absolute atomic E-state index is 0.584. The fraction of sp³-hybridized carbons (Fsp3) is 0.444. The molecular weight excluding hydrogens is 244 g/mol. The smallest absolute Gasteiger partial charge is 0.255 e. The summed E-state index contributed by atoms with van der Waals surface area (Å²) in [4.78, 5) is 4.18. The minimum Gasteiger partial charge on any atom is -0.269 e. The van der Waals surface area contributed by atoms with Gasteiger partial charge in [-0.05, 0) is 28.8 Å². The van der Waals surface area contributed by atoms with E-state index in [0.717, 1.165) is 10.3 Å². The van der Waals surface area contributed by atoms with Gasteiger partial charge in [-0.2, -0.15) is 0 Å². The predicted molar refractivity (Wildman–Crippen MR) is 55.1 cm³/mol. The van der Waals surface area contributed by atoms with E-state index in [4.69, 9.17) is 0 Å². The van der Waals surface area contributed by atoms with Crippen LogP contribution in [0, 0.1) is 0 Å². The molecule has 0 spiro atoms. The molecule has 0 aromatic carbocycles. The first-order chi connectivity index (χ1) is 6.84. The molecule has 0 aliphatic heterocycles. The van der Waals surface area contributed by atoms with Crippen molar-refractivity contribution in [2.24, 2.45) is 0 Å². The number of hydrogen-bond acceptors (Lipinski definition) is 3. The van der Waals surface area contributed by atoms with Crippen LogP contribution in [0.5, 0.6) is 0 Å². The summed E-state index contributed by atoms with van der Waals surface area (Å²) in [6.07, 6.45) is 7.49. The van der Waals surface area contributed by atoms with Crippen molar-refractivity contribution in [2.75, 3.05) is 0 Å². The second-order valence-corrected chi connectivity index (χ2v) is 4.54. The predicted octanol–water partition coefficient (Wildman–Crippen LogP) is 2.15. The fourth-order valence-electron chi connectivity index (χ4n) is 1.73. The minimum atomic E-state index is 0.584. The number of hydrogen-bond donors (Lipinski definition) is 0. The molecule has 72 valence electrons. The highest BCUT2D eigenvalue weighted by molar-refractivity contribution is 9.10. The van der Waals surface area contributed by atoms with E-state index in [1.165, 1.54) is 19.3 Å². The average Bonchev–Trinajstić information content (AvgIpc) is 2.46. The van der Waals surface area contributed by atoms with E-state index in [2.05, 4.69) is 31.1 Å².